The summed E-state index contributed by atoms with van der Waals surface area (Å²) in [4.78, 5) is 0. The molecule has 28 heavy (non-hydrogen) atoms. The lowest BCUT2D eigenvalue weighted by atomic mass is 9.77. The highest BCUT2D eigenvalue weighted by Gasteiger charge is 2.22. The number of rotatable bonds is 8. The van der Waals surface area contributed by atoms with Crippen molar-refractivity contribution in [1.82, 2.24) is 0 Å². The number of hydrogen-bond acceptors (Lipinski definition) is 0. The average Bonchev–Trinajstić information content (AvgIpc) is 2.72. The number of unbranched alkanes of at least 4 members (excludes halogenated alkanes) is 3. The Kier molecular flexibility index (Phi) is 7.82. The lowest BCUT2D eigenvalue weighted by Gasteiger charge is -2.29. The second-order valence-electron chi connectivity index (χ2n) is 8.24. The van der Waals surface area contributed by atoms with Crippen LogP contribution in [0.1, 0.15) is 81.8 Å². The van der Waals surface area contributed by atoms with Crippen LogP contribution in [0.2, 0.25) is 0 Å². The fourth-order valence-electron chi connectivity index (χ4n) is 4.49. The maximum absolute atomic E-state index is 12.3. The van der Waals surface area contributed by atoms with Crippen molar-refractivity contribution < 1.29 is 8.78 Å². The molecular formula is C26H32F2. The van der Waals surface area contributed by atoms with Crippen molar-refractivity contribution in [1.29, 1.82) is 0 Å². The first kappa shape index (κ1) is 20.8. The Labute approximate surface area is 168 Å². The van der Waals surface area contributed by atoms with Crippen molar-refractivity contribution in [3.05, 3.63) is 65.7 Å². The zero-order chi connectivity index (χ0) is 19.8. The quantitative estimate of drug-likeness (QED) is 0.400. The predicted octanol–water partition coefficient (Wildman–Crippen LogP) is 8.84. The minimum Gasteiger partial charge on any atom is -0.173 e. The fraction of sp³-hybridized carbons (Fsp3) is 0.462. The third-order valence-corrected chi connectivity index (χ3v) is 6.21. The van der Waals surface area contributed by atoms with Crippen molar-refractivity contribution in [2.24, 2.45) is 5.92 Å². The molecular weight excluding hydrogens is 350 g/mol. The molecule has 3 rings (SSSR count). The molecule has 0 aromatic heterocycles. The molecule has 0 aliphatic heterocycles. The van der Waals surface area contributed by atoms with E-state index in [1.54, 1.807) is 12.1 Å². The van der Waals surface area contributed by atoms with E-state index in [0.717, 1.165) is 23.1 Å². The van der Waals surface area contributed by atoms with Crippen molar-refractivity contribution in [2.75, 3.05) is 0 Å². The van der Waals surface area contributed by atoms with Crippen LogP contribution in [0.3, 0.4) is 0 Å². The van der Waals surface area contributed by atoms with E-state index in [0.29, 0.717) is 11.5 Å². The molecule has 0 saturated heterocycles. The molecule has 2 aromatic rings. The standard InChI is InChI=1S/C26H32F2/c1-2-3-4-5-6-20-7-11-22(12-8-20)24-15-17-25(18-16-24)23-13-9-21(10-14-23)19-26(27)28/h9-10,13-20,22H,2-8,11-12H2,1H3. The molecule has 0 unspecified atom stereocenters. The molecule has 0 radical (unpaired) electrons. The van der Waals surface area contributed by atoms with Gasteiger partial charge >= 0.3 is 0 Å². The Balaban J connectivity index is 1.53. The van der Waals surface area contributed by atoms with E-state index >= 15 is 0 Å². The van der Waals surface area contributed by atoms with E-state index < -0.39 is 6.08 Å². The van der Waals surface area contributed by atoms with Gasteiger partial charge in [-0.3, -0.25) is 0 Å². The summed E-state index contributed by atoms with van der Waals surface area (Å²) in [5.41, 5.74) is 4.20. The van der Waals surface area contributed by atoms with Gasteiger partial charge in [-0.25, -0.2) is 0 Å². The second-order valence-corrected chi connectivity index (χ2v) is 8.24. The van der Waals surface area contributed by atoms with Crippen molar-refractivity contribution >= 4 is 6.08 Å². The van der Waals surface area contributed by atoms with Gasteiger partial charge in [0, 0.05) is 6.08 Å². The molecule has 150 valence electrons. The zero-order valence-corrected chi connectivity index (χ0v) is 17.0. The van der Waals surface area contributed by atoms with Gasteiger partial charge in [0.15, 0.2) is 0 Å². The molecule has 1 fully saturated rings. The summed E-state index contributed by atoms with van der Waals surface area (Å²) in [6.07, 6.45) is 11.5. The molecule has 0 amide bonds. The van der Waals surface area contributed by atoms with E-state index in [4.69, 9.17) is 0 Å². The number of benzene rings is 2. The molecule has 0 spiro atoms. The zero-order valence-electron chi connectivity index (χ0n) is 17.0. The van der Waals surface area contributed by atoms with Crippen LogP contribution in [-0.4, -0.2) is 0 Å². The summed E-state index contributed by atoms with van der Waals surface area (Å²) in [5, 5.41) is 0. The van der Waals surface area contributed by atoms with Gasteiger partial charge in [-0.1, -0.05) is 87.6 Å². The maximum atomic E-state index is 12.3. The molecule has 0 atom stereocenters. The van der Waals surface area contributed by atoms with E-state index in [-0.39, 0.29) is 0 Å². The molecule has 1 saturated carbocycles. The molecule has 0 N–H and O–H groups in total. The first-order valence-electron chi connectivity index (χ1n) is 10.9. The molecule has 1 aliphatic carbocycles. The topological polar surface area (TPSA) is 0 Å². The van der Waals surface area contributed by atoms with Gasteiger partial charge in [0.1, 0.15) is 0 Å². The second kappa shape index (κ2) is 10.5. The molecule has 2 heteroatoms. The Morgan fingerprint density at radius 3 is 2.00 bits per heavy atom. The largest absolute Gasteiger partial charge is 0.270 e. The van der Waals surface area contributed by atoms with Crippen LogP contribution >= 0.6 is 0 Å². The van der Waals surface area contributed by atoms with E-state index in [9.17, 15) is 8.78 Å². The maximum Gasteiger partial charge on any atom is 0.270 e. The van der Waals surface area contributed by atoms with Gasteiger partial charge < -0.3 is 0 Å². The highest BCUT2D eigenvalue weighted by atomic mass is 19.3. The minimum absolute atomic E-state index is 0.534. The third kappa shape index (κ3) is 6.02. The van der Waals surface area contributed by atoms with E-state index in [1.807, 2.05) is 12.1 Å². The van der Waals surface area contributed by atoms with Gasteiger partial charge in [-0.05, 0) is 59.8 Å². The molecule has 0 heterocycles. The summed E-state index contributed by atoms with van der Waals surface area (Å²) in [5.74, 6) is 1.63. The van der Waals surface area contributed by atoms with Gasteiger partial charge in [-0.2, -0.15) is 8.78 Å². The van der Waals surface area contributed by atoms with Crippen LogP contribution in [0.4, 0.5) is 8.78 Å². The van der Waals surface area contributed by atoms with Crippen LogP contribution in [-0.2, 0) is 0 Å². The normalized spacial score (nSPS) is 19.4. The lowest BCUT2D eigenvalue weighted by molar-refractivity contribution is 0.302. The molecule has 2 aromatic carbocycles. The summed E-state index contributed by atoms with van der Waals surface area (Å²) >= 11 is 0. The summed E-state index contributed by atoms with van der Waals surface area (Å²) in [6.45, 7) is 2.27. The fourth-order valence-corrected chi connectivity index (χ4v) is 4.49. The summed E-state index contributed by atoms with van der Waals surface area (Å²) in [6, 6.07) is 16.2. The molecule has 0 bridgehead atoms. The van der Waals surface area contributed by atoms with Gasteiger partial charge in [0.25, 0.3) is 6.08 Å². The first-order valence-corrected chi connectivity index (χ1v) is 10.9. The van der Waals surface area contributed by atoms with Gasteiger partial charge in [0.05, 0.1) is 0 Å². The van der Waals surface area contributed by atoms with Crippen molar-refractivity contribution in [3.63, 3.8) is 0 Å². The number of hydrogen-bond donors (Lipinski definition) is 0. The van der Waals surface area contributed by atoms with Crippen LogP contribution < -0.4 is 0 Å². The highest BCUT2D eigenvalue weighted by Crippen LogP contribution is 2.38. The van der Waals surface area contributed by atoms with Gasteiger partial charge in [-0.15, -0.1) is 0 Å². The number of halogens is 2. The summed E-state index contributed by atoms with van der Waals surface area (Å²) in [7, 11) is 0. The molecule has 1 aliphatic rings. The predicted molar refractivity (Wildman–Crippen MR) is 116 cm³/mol. The van der Waals surface area contributed by atoms with Crippen LogP contribution in [0.5, 0.6) is 0 Å². The Hall–Kier alpha value is -1.96. The van der Waals surface area contributed by atoms with Crippen LogP contribution in [0.25, 0.3) is 17.2 Å². The van der Waals surface area contributed by atoms with E-state index in [1.165, 1.54) is 63.4 Å². The van der Waals surface area contributed by atoms with E-state index in [2.05, 4.69) is 31.2 Å². The Morgan fingerprint density at radius 2 is 1.43 bits per heavy atom. The monoisotopic (exact) mass is 382 g/mol. The molecule has 0 nitrogen and oxygen atoms in total. The first-order chi connectivity index (χ1) is 13.7. The van der Waals surface area contributed by atoms with Gasteiger partial charge in [0.2, 0.25) is 0 Å². The highest BCUT2D eigenvalue weighted by molar-refractivity contribution is 5.66. The minimum atomic E-state index is -1.66. The average molecular weight is 383 g/mol. The Morgan fingerprint density at radius 1 is 0.821 bits per heavy atom. The van der Waals surface area contributed by atoms with Crippen LogP contribution in [0.15, 0.2) is 54.6 Å². The Bertz CT molecular complexity index is 731. The third-order valence-electron chi connectivity index (χ3n) is 6.21. The van der Waals surface area contributed by atoms with Crippen molar-refractivity contribution in [3.8, 4) is 11.1 Å². The lowest BCUT2D eigenvalue weighted by Crippen LogP contribution is -2.13. The summed E-state index contributed by atoms with van der Waals surface area (Å²) < 4.78 is 24.7. The smallest absolute Gasteiger partial charge is 0.173 e. The van der Waals surface area contributed by atoms with Crippen molar-refractivity contribution in [2.45, 2.75) is 70.6 Å². The SMILES string of the molecule is CCCCCCC1CCC(c2ccc(-c3ccc(C=C(F)F)cc3)cc2)CC1. The van der Waals surface area contributed by atoms with Crippen LogP contribution in [0, 0.1) is 5.92 Å².